The van der Waals surface area contributed by atoms with Gasteiger partial charge in [-0.1, -0.05) is 6.92 Å². The molecule has 3 heteroatoms. The number of likely N-dealkylation sites (tertiary alicyclic amines) is 1. The average Bonchev–Trinajstić information content (AvgIpc) is 2.54. The third-order valence-electron chi connectivity index (χ3n) is 2.98. The van der Waals surface area contributed by atoms with E-state index in [1.54, 1.807) is 0 Å². The summed E-state index contributed by atoms with van der Waals surface area (Å²) in [5.41, 5.74) is 0. The SMILES string of the molecule is CCNCC(NC)C1CCN(C)C1. The van der Waals surface area contributed by atoms with Crippen LogP contribution in [-0.4, -0.2) is 51.2 Å². The molecule has 78 valence electrons. The van der Waals surface area contributed by atoms with E-state index in [4.69, 9.17) is 0 Å². The first-order valence-electron chi connectivity index (χ1n) is 5.34. The van der Waals surface area contributed by atoms with Crippen molar-refractivity contribution in [1.29, 1.82) is 0 Å². The van der Waals surface area contributed by atoms with E-state index in [1.165, 1.54) is 19.5 Å². The fourth-order valence-electron chi connectivity index (χ4n) is 2.10. The van der Waals surface area contributed by atoms with Crippen molar-refractivity contribution in [3.05, 3.63) is 0 Å². The van der Waals surface area contributed by atoms with Gasteiger partial charge in [0.05, 0.1) is 0 Å². The molecule has 0 aromatic heterocycles. The Labute approximate surface area is 81.9 Å². The Balaban J connectivity index is 2.29. The second-order valence-electron chi connectivity index (χ2n) is 4.01. The van der Waals surface area contributed by atoms with Gasteiger partial charge >= 0.3 is 0 Å². The molecule has 1 rings (SSSR count). The summed E-state index contributed by atoms with van der Waals surface area (Å²) in [6, 6.07) is 0.643. The van der Waals surface area contributed by atoms with Crippen LogP contribution in [0, 0.1) is 5.92 Å². The van der Waals surface area contributed by atoms with E-state index in [0.29, 0.717) is 6.04 Å². The van der Waals surface area contributed by atoms with Crippen LogP contribution < -0.4 is 10.6 Å². The van der Waals surface area contributed by atoms with Gasteiger partial charge in [-0.3, -0.25) is 0 Å². The third-order valence-corrected chi connectivity index (χ3v) is 2.98. The Hall–Kier alpha value is -0.120. The molecule has 0 saturated carbocycles. The summed E-state index contributed by atoms with van der Waals surface area (Å²) in [5, 5.41) is 6.82. The standard InChI is InChI=1S/C10H23N3/c1-4-12-7-10(11-2)9-5-6-13(3)8-9/h9-12H,4-8H2,1-3H3. The molecule has 0 amide bonds. The van der Waals surface area contributed by atoms with Crippen molar-refractivity contribution in [2.45, 2.75) is 19.4 Å². The highest BCUT2D eigenvalue weighted by molar-refractivity contribution is 4.84. The third kappa shape index (κ3) is 3.25. The maximum atomic E-state index is 3.41. The molecule has 1 aliphatic rings. The minimum atomic E-state index is 0.643. The first-order chi connectivity index (χ1) is 6.27. The molecule has 0 aliphatic carbocycles. The Kier molecular flexibility index (Phi) is 4.70. The predicted molar refractivity (Wildman–Crippen MR) is 57.0 cm³/mol. The molecule has 1 aliphatic heterocycles. The summed E-state index contributed by atoms with van der Waals surface area (Å²) in [7, 11) is 4.28. The van der Waals surface area contributed by atoms with Gasteiger partial charge in [-0.2, -0.15) is 0 Å². The van der Waals surface area contributed by atoms with E-state index in [-0.39, 0.29) is 0 Å². The molecule has 1 fully saturated rings. The number of nitrogens with zero attached hydrogens (tertiary/aromatic N) is 1. The van der Waals surface area contributed by atoms with Crippen LogP contribution in [0.1, 0.15) is 13.3 Å². The lowest BCUT2D eigenvalue weighted by Gasteiger charge is -2.23. The zero-order chi connectivity index (χ0) is 9.68. The van der Waals surface area contributed by atoms with Crippen molar-refractivity contribution in [3.63, 3.8) is 0 Å². The summed E-state index contributed by atoms with van der Waals surface area (Å²) < 4.78 is 0. The predicted octanol–water partition coefficient (Wildman–Crippen LogP) is 0.136. The molecule has 3 nitrogen and oxygen atoms in total. The topological polar surface area (TPSA) is 27.3 Å². The molecule has 0 aromatic rings. The molecular formula is C10H23N3. The van der Waals surface area contributed by atoms with Crippen LogP contribution in [0.5, 0.6) is 0 Å². The van der Waals surface area contributed by atoms with Gasteiger partial charge in [0.2, 0.25) is 0 Å². The molecule has 0 bridgehead atoms. The van der Waals surface area contributed by atoms with Gasteiger partial charge in [-0.25, -0.2) is 0 Å². The highest BCUT2D eigenvalue weighted by Crippen LogP contribution is 2.17. The van der Waals surface area contributed by atoms with Crippen molar-refractivity contribution in [3.8, 4) is 0 Å². The van der Waals surface area contributed by atoms with Gasteiger partial charge in [0.1, 0.15) is 0 Å². The zero-order valence-electron chi connectivity index (χ0n) is 9.14. The van der Waals surface area contributed by atoms with Crippen LogP contribution in [0.15, 0.2) is 0 Å². The molecule has 0 radical (unpaired) electrons. The van der Waals surface area contributed by atoms with Gasteiger partial charge in [-0.15, -0.1) is 0 Å². The maximum absolute atomic E-state index is 3.41. The first-order valence-corrected chi connectivity index (χ1v) is 5.34. The van der Waals surface area contributed by atoms with Crippen molar-refractivity contribution in [1.82, 2.24) is 15.5 Å². The summed E-state index contributed by atoms with van der Waals surface area (Å²) in [4.78, 5) is 2.42. The van der Waals surface area contributed by atoms with Gasteiger partial charge < -0.3 is 15.5 Å². The van der Waals surface area contributed by atoms with Crippen molar-refractivity contribution in [2.24, 2.45) is 5.92 Å². The molecule has 1 heterocycles. The fourth-order valence-corrected chi connectivity index (χ4v) is 2.10. The van der Waals surface area contributed by atoms with Crippen molar-refractivity contribution < 1.29 is 0 Å². The molecule has 0 aromatic carbocycles. The van der Waals surface area contributed by atoms with Crippen LogP contribution in [-0.2, 0) is 0 Å². The van der Waals surface area contributed by atoms with Gasteiger partial charge in [0, 0.05) is 19.1 Å². The van der Waals surface area contributed by atoms with E-state index < -0.39 is 0 Å². The van der Waals surface area contributed by atoms with Crippen molar-refractivity contribution >= 4 is 0 Å². The van der Waals surface area contributed by atoms with Crippen LogP contribution in [0.4, 0.5) is 0 Å². The summed E-state index contributed by atoms with van der Waals surface area (Å²) in [6.07, 6.45) is 1.34. The van der Waals surface area contributed by atoms with Gasteiger partial charge in [0.15, 0.2) is 0 Å². The van der Waals surface area contributed by atoms with E-state index in [0.717, 1.165) is 19.0 Å². The minimum Gasteiger partial charge on any atom is -0.315 e. The number of likely N-dealkylation sites (N-methyl/N-ethyl adjacent to an activating group) is 2. The highest BCUT2D eigenvalue weighted by atomic mass is 15.1. The second-order valence-corrected chi connectivity index (χ2v) is 4.01. The summed E-state index contributed by atoms with van der Waals surface area (Å²) in [5.74, 6) is 0.828. The monoisotopic (exact) mass is 185 g/mol. The maximum Gasteiger partial charge on any atom is 0.0230 e. The zero-order valence-corrected chi connectivity index (χ0v) is 9.14. The smallest absolute Gasteiger partial charge is 0.0230 e. The molecule has 0 spiro atoms. The quantitative estimate of drug-likeness (QED) is 0.638. The Morgan fingerprint density at radius 1 is 1.54 bits per heavy atom. The minimum absolute atomic E-state index is 0.643. The van der Waals surface area contributed by atoms with Crippen molar-refractivity contribution in [2.75, 3.05) is 40.3 Å². The second kappa shape index (κ2) is 5.58. The molecule has 1 saturated heterocycles. The fraction of sp³-hybridized carbons (Fsp3) is 1.00. The molecule has 2 unspecified atom stereocenters. The summed E-state index contributed by atoms with van der Waals surface area (Å²) in [6.45, 7) is 6.84. The first kappa shape index (κ1) is 11.0. The Morgan fingerprint density at radius 2 is 2.31 bits per heavy atom. The lowest BCUT2D eigenvalue weighted by atomic mass is 9.99. The van der Waals surface area contributed by atoms with Crippen LogP contribution in [0.3, 0.4) is 0 Å². The van der Waals surface area contributed by atoms with Gasteiger partial charge in [-0.05, 0) is 39.5 Å². The molecule has 2 N–H and O–H groups in total. The lowest BCUT2D eigenvalue weighted by Crippen LogP contribution is -2.43. The number of nitrogens with one attached hydrogen (secondary N) is 2. The molecular weight excluding hydrogens is 162 g/mol. The normalized spacial score (nSPS) is 26.5. The van der Waals surface area contributed by atoms with E-state index >= 15 is 0 Å². The number of rotatable bonds is 5. The lowest BCUT2D eigenvalue weighted by molar-refractivity contribution is 0.338. The average molecular weight is 185 g/mol. The summed E-state index contributed by atoms with van der Waals surface area (Å²) >= 11 is 0. The van der Waals surface area contributed by atoms with Gasteiger partial charge in [0.25, 0.3) is 0 Å². The highest BCUT2D eigenvalue weighted by Gasteiger charge is 2.25. The van der Waals surface area contributed by atoms with E-state index in [9.17, 15) is 0 Å². The van der Waals surface area contributed by atoms with Crippen LogP contribution in [0.25, 0.3) is 0 Å². The molecule has 2 atom stereocenters. The Bertz CT molecular complexity index is 138. The van der Waals surface area contributed by atoms with Crippen LogP contribution in [0.2, 0.25) is 0 Å². The largest absolute Gasteiger partial charge is 0.315 e. The van der Waals surface area contributed by atoms with E-state index in [2.05, 4.69) is 36.6 Å². The molecule has 13 heavy (non-hydrogen) atoms. The number of hydrogen-bond donors (Lipinski definition) is 2. The Morgan fingerprint density at radius 3 is 2.77 bits per heavy atom. The van der Waals surface area contributed by atoms with Crippen LogP contribution >= 0.6 is 0 Å². The number of hydrogen-bond acceptors (Lipinski definition) is 3. The van der Waals surface area contributed by atoms with E-state index in [1.807, 2.05) is 0 Å².